The molecule has 1 N–H and O–H groups in total. The van der Waals surface area contributed by atoms with E-state index < -0.39 is 0 Å². The van der Waals surface area contributed by atoms with Gasteiger partial charge < -0.3 is 15.0 Å². The van der Waals surface area contributed by atoms with Gasteiger partial charge in [0.25, 0.3) is 0 Å². The standard InChI is InChI=1S/C18H18Cl2N2O3/c1-12(23)22(10-13-6-3-4-9-16(13)25-2)11-17(24)21-15-8-5-7-14(19)18(15)20/h3-9H,10-11H2,1-2H3,(H,21,24). The first-order chi connectivity index (χ1) is 11.9. The van der Waals surface area contributed by atoms with Gasteiger partial charge in [-0.2, -0.15) is 0 Å². The van der Waals surface area contributed by atoms with Crippen LogP contribution >= 0.6 is 23.2 Å². The number of hydrogen-bond donors (Lipinski definition) is 1. The smallest absolute Gasteiger partial charge is 0.244 e. The Hall–Kier alpha value is -2.24. The van der Waals surface area contributed by atoms with Crippen LogP contribution in [-0.2, 0) is 16.1 Å². The lowest BCUT2D eigenvalue weighted by Gasteiger charge is -2.22. The number of nitrogens with zero attached hydrogens (tertiary/aromatic N) is 1. The molecule has 2 aromatic rings. The van der Waals surface area contributed by atoms with Crippen molar-refractivity contribution in [3.05, 3.63) is 58.1 Å². The minimum Gasteiger partial charge on any atom is -0.496 e. The van der Waals surface area contributed by atoms with Crippen LogP contribution in [0.4, 0.5) is 5.69 Å². The Kier molecular flexibility index (Phi) is 6.67. The van der Waals surface area contributed by atoms with E-state index in [1.54, 1.807) is 31.4 Å². The van der Waals surface area contributed by atoms with Gasteiger partial charge in [-0.25, -0.2) is 0 Å². The van der Waals surface area contributed by atoms with Crippen LogP contribution in [0.2, 0.25) is 10.0 Å². The second-order valence-electron chi connectivity index (χ2n) is 5.34. The molecule has 0 saturated heterocycles. The van der Waals surface area contributed by atoms with E-state index in [0.29, 0.717) is 16.5 Å². The van der Waals surface area contributed by atoms with Gasteiger partial charge in [-0.05, 0) is 18.2 Å². The average Bonchev–Trinajstić information content (AvgIpc) is 2.58. The summed E-state index contributed by atoms with van der Waals surface area (Å²) in [7, 11) is 1.56. The van der Waals surface area contributed by atoms with Gasteiger partial charge in [0, 0.05) is 19.0 Å². The fourth-order valence-corrected chi connectivity index (χ4v) is 2.63. The molecule has 0 aromatic heterocycles. The largest absolute Gasteiger partial charge is 0.496 e. The zero-order chi connectivity index (χ0) is 18.4. The van der Waals surface area contributed by atoms with Crippen molar-refractivity contribution < 1.29 is 14.3 Å². The molecule has 0 aliphatic heterocycles. The third-order valence-electron chi connectivity index (χ3n) is 3.56. The van der Waals surface area contributed by atoms with Crippen molar-refractivity contribution in [1.29, 1.82) is 0 Å². The molecule has 0 fully saturated rings. The van der Waals surface area contributed by atoms with Crippen LogP contribution in [0.15, 0.2) is 42.5 Å². The normalized spacial score (nSPS) is 10.2. The Morgan fingerprint density at radius 2 is 1.84 bits per heavy atom. The van der Waals surface area contributed by atoms with Gasteiger partial charge in [0.05, 0.1) is 22.8 Å². The Labute approximate surface area is 156 Å². The van der Waals surface area contributed by atoms with Gasteiger partial charge in [-0.3, -0.25) is 9.59 Å². The second kappa shape index (κ2) is 8.74. The molecule has 2 rings (SSSR count). The highest BCUT2D eigenvalue weighted by molar-refractivity contribution is 6.44. The predicted octanol–water partition coefficient (Wildman–Crippen LogP) is 3.99. The first-order valence-electron chi connectivity index (χ1n) is 7.53. The summed E-state index contributed by atoms with van der Waals surface area (Å²) in [6, 6.07) is 12.3. The molecule has 7 heteroatoms. The number of benzene rings is 2. The molecule has 0 heterocycles. The maximum atomic E-state index is 12.3. The Morgan fingerprint density at radius 1 is 1.12 bits per heavy atom. The fraction of sp³-hybridized carbons (Fsp3) is 0.222. The Morgan fingerprint density at radius 3 is 2.52 bits per heavy atom. The summed E-state index contributed by atoms with van der Waals surface area (Å²) in [5.74, 6) is 0.0690. The van der Waals surface area contributed by atoms with Crippen LogP contribution in [0.25, 0.3) is 0 Å². The van der Waals surface area contributed by atoms with Gasteiger partial charge >= 0.3 is 0 Å². The van der Waals surface area contributed by atoms with Gasteiger partial charge in [-0.15, -0.1) is 0 Å². The number of methoxy groups -OCH3 is 1. The van der Waals surface area contributed by atoms with Crippen LogP contribution < -0.4 is 10.1 Å². The van der Waals surface area contributed by atoms with Gasteiger partial charge in [0.15, 0.2) is 0 Å². The van der Waals surface area contributed by atoms with E-state index in [-0.39, 0.29) is 29.9 Å². The highest BCUT2D eigenvalue weighted by Gasteiger charge is 2.17. The molecule has 0 bridgehead atoms. The molecule has 25 heavy (non-hydrogen) atoms. The monoisotopic (exact) mass is 380 g/mol. The maximum Gasteiger partial charge on any atom is 0.244 e. The van der Waals surface area contributed by atoms with Gasteiger partial charge in [0.1, 0.15) is 12.3 Å². The van der Waals surface area contributed by atoms with Crippen molar-refractivity contribution in [3.8, 4) is 5.75 Å². The number of ether oxygens (including phenoxy) is 1. The Balaban J connectivity index is 2.09. The molecule has 0 aliphatic carbocycles. The Bertz CT molecular complexity index is 781. The zero-order valence-corrected chi connectivity index (χ0v) is 15.4. The number of rotatable bonds is 6. The van der Waals surface area contributed by atoms with Crippen molar-refractivity contribution in [1.82, 2.24) is 4.90 Å². The highest BCUT2D eigenvalue weighted by Crippen LogP contribution is 2.29. The van der Waals surface area contributed by atoms with E-state index in [4.69, 9.17) is 27.9 Å². The SMILES string of the molecule is COc1ccccc1CN(CC(=O)Nc1cccc(Cl)c1Cl)C(C)=O. The molecule has 0 aliphatic rings. The van der Waals surface area contributed by atoms with Crippen LogP contribution in [-0.4, -0.2) is 30.4 Å². The fourth-order valence-electron chi connectivity index (χ4n) is 2.28. The number of amides is 2. The summed E-state index contributed by atoms with van der Waals surface area (Å²) >= 11 is 12.0. The summed E-state index contributed by atoms with van der Waals surface area (Å²) in [5, 5.41) is 3.28. The quantitative estimate of drug-likeness (QED) is 0.823. The van der Waals surface area contributed by atoms with Crippen LogP contribution in [0, 0.1) is 0 Å². The lowest BCUT2D eigenvalue weighted by Crippen LogP contribution is -2.36. The second-order valence-corrected chi connectivity index (χ2v) is 6.12. The van der Waals surface area contributed by atoms with E-state index in [0.717, 1.165) is 5.56 Å². The van der Waals surface area contributed by atoms with Gasteiger partial charge in [-0.1, -0.05) is 47.5 Å². The van der Waals surface area contributed by atoms with E-state index in [1.807, 2.05) is 18.2 Å². The summed E-state index contributed by atoms with van der Waals surface area (Å²) in [4.78, 5) is 25.6. The van der Waals surface area contributed by atoms with Crippen molar-refractivity contribution >= 4 is 40.7 Å². The highest BCUT2D eigenvalue weighted by atomic mass is 35.5. The number of para-hydroxylation sites is 1. The van der Waals surface area contributed by atoms with Crippen LogP contribution in [0.5, 0.6) is 5.75 Å². The lowest BCUT2D eigenvalue weighted by atomic mass is 10.2. The molecule has 132 valence electrons. The zero-order valence-electron chi connectivity index (χ0n) is 13.9. The van der Waals surface area contributed by atoms with E-state index in [9.17, 15) is 9.59 Å². The maximum absolute atomic E-state index is 12.3. The first kappa shape index (κ1) is 19.1. The topological polar surface area (TPSA) is 58.6 Å². The summed E-state index contributed by atoms with van der Waals surface area (Å²) in [6.07, 6.45) is 0. The third kappa shape index (κ3) is 5.11. The molecule has 0 unspecified atom stereocenters. The van der Waals surface area contributed by atoms with Crippen LogP contribution in [0.3, 0.4) is 0 Å². The van der Waals surface area contributed by atoms with E-state index in [2.05, 4.69) is 5.32 Å². The molecule has 0 spiro atoms. The molecule has 0 atom stereocenters. The molecule has 5 nitrogen and oxygen atoms in total. The van der Waals surface area contributed by atoms with Crippen molar-refractivity contribution in [2.24, 2.45) is 0 Å². The van der Waals surface area contributed by atoms with Crippen molar-refractivity contribution in [3.63, 3.8) is 0 Å². The molecular formula is C18H18Cl2N2O3. The first-order valence-corrected chi connectivity index (χ1v) is 8.29. The number of carbonyl (C=O) groups excluding carboxylic acids is 2. The van der Waals surface area contributed by atoms with Gasteiger partial charge in [0.2, 0.25) is 11.8 Å². The molecule has 0 saturated carbocycles. The number of carbonyl (C=O) groups is 2. The van der Waals surface area contributed by atoms with Crippen molar-refractivity contribution in [2.75, 3.05) is 19.0 Å². The molecule has 2 amide bonds. The number of anilines is 1. The van der Waals surface area contributed by atoms with Crippen LogP contribution in [0.1, 0.15) is 12.5 Å². The van der Waals surface area contributed by atoms with Crippen molar-refractivity contribution in [2.45, 2.75) is 13.5 Å². The molecule has 0 radical (unpaired) electrons. The summed E-state index contributed by atoms with van der Waals surface area (Å²) in [6.45, 7) is 1.56. The molecule has 2 aromatic carbocycles. The predicted molar refractivity (Wildman–Crippen MR) is 99.2 cm³/mol. The lowest BCUT2D eigenvalue weighted by molar-refractivity contribution is -0.133. The minimum atomic E-state index is -0.366. The summed E-state index contributed by atoms with van der Waals surface area (Å²) in [5.41, 5.74) is 1.22. The minimum absolute atomic E-state index is 0.115. The van der Waals surface area contributed by atoms with E-state index >= 15 is 0 Å². The van der Waals surface area contributed by atoms with E-state index in [1.165, 1.54) is 11.8 Å². The number of nitrogens with one attached hydrogen (secondary N) is 1. The average molecular weight is 381 g/mol. The molecular weight excluding hydrogens is 363 g/mol. The number of halogens is 2. The third-order valence-corrected chi connectivity index (χ3v) is 4.38. The summed E-state index contributed by atoms with van der Waals surface area (Å²) < 4.78 is 5.28. The number of hydrogen-bond acceptors (Lipinski definition) is 3.